The van der Waals surface area contributed by atoms with Gasteiger partial charge in [0.2, 0.25) is 11.9 Å². The van der Waals surface area contributed by atoms with Gasteiger partial charge in [0.25, 0.3) is 0 Å². The second-order valence-corrected chi connectivity index (χ2v) is 3.67. The first kappa shape index (κ1) is 13.6. The van der Waals surface area contributed by atoms with Gasteiger partial charge in [0, 0.05) is 13.1 Å². The monoisotopic (exact) mass is 239 g/mol. The number of nitrogens with zero attached hydrogens (tertiary/aromatic N) is 3. The first-order valence-corrected chi connectivity index (χ1v) is 5.87. The summed E-state index contributed by atoms with van der Waals surface area (Å²) in [5.41, 5.74) is 10.8. The van der Waals surface area contributed by atoms with E-state index in [4.69, 9.17) is 11.5 Å². The minimum Gasteiger partial charge on any atom is -0.354 e. The van der Waals surface area contributed by atoms with Gasteiger partial charge in [-0.05, 0) is 32.9 Å². The van der Waals surface area contributed by atoms with Crippen molar-refractivity contribution in [3.8, 4) is 0 Å². The third kappa shape index (κ3) is 5.41. The average molecular weight is 239 g/mol. The molecule has 0 fully saturated rings. The quantitative estimate of drug-likeness (QED) is 0.460. The average Bonchev–Trinajstić information content (AvgIpc) is 2.29. The van der Waals surface area contributed by atoms with E-state index in [9.17, 15) is 0 Å². The summed E-state index contributed by atoms with van der Waals surface area (Å²) in [6, 6.07) is 0. The van der Waals surface area contributed by atoms with Crippen molar-refractivity contribution in [2.75, 3.05) is 36.8 Å². The summed E-state index contributed by atoms with van der Waals surface area (Å²) in [6.45, 7) is 4.67. The van der Waals surface area contributed by atoms with Crippen molar-refractivity contribution in [1.29, 1.82) is 0 Å². The van der Waals surface area contributed by atoms with Crippen LogP contribution in [0.1, 0.15) is 18.7 Å². The second-order valence-electron chi connectivity index (χ2n) is 3.67. The standard InChI is InChI=1S/C10H21N7/c1-8-15-9(13-6-2-4-11)17-10(16-8)14-7-3-5-12/h2-7,11-12H2,1H3,(H2,13,14,15,16,17). The Morgan fingerprint density at radius 2 is 1.35 bits per heavy atom. The van der Waals surface area contributed by atoms with Crippen LogP contribution in [-0.4, -0.2) is 41.1 Å². The van der Waals surface area contributed by atoms with Gasteiger partial charge in [0.15, 0.2) is 0 Å². The molecule has 0 spiro atoms. The molecule has 0 atom stereocenters. The first-order valence-electron chi connectivity index (χ1n) is 5.87. The molecular weight excluding hydrogens is 218 g/mol. The highest BCUT2D eigenvalue weighted by Crippen LogP contribution is 2.04. The van der Waals surface area contributed by atoms with E-state index in [0.29, 0.717) is 30.8 Å². The van der Waals surface area contributed by atoms with E-state index >= 15 is 0 Å². The maximum atomic E-state index is 5.42. The SMILES string of the molecule is Cc1nc(NCCCN)nc(NCCCN)n1. The predicted molar refractivity (Wildman–Crippen MR) is 68.9 cm³/mol. The molecule has 0 saturated heterocycles. The van der Waals surface area contributed by atoms with Gasteiger partial charge >= 0.3 is 0 Å². The van der Waals surface area contributed by atoms with Crippen molar-refractivity contribution < 1.29 is 0 Å². The van der Waals surface area contributed by atoms with Crippen molar-refractivity contribution in [3.63, 3.8) is 0 Å². The lowest BCUT2D eigenvalue weighted by Gasteiger charge is -2.08. The van der Waals surface area contributed by atoms with E-state index < -0.39 is 0 Å². The van der Waals surface area contributed by atoms with Gasteiger partial charge in [-0.15, -0.1) is 0 Å². The number of hydrogen-bond donors (Lipinski definition) is 4. The van der Waals surface area contributed by atoms with Crippen LogP contribution >= 0.6 is 0 Å². The molecule has 0 aromatic carbocycles. The Balaban J connectivity index is 2.53. The lowest BCUT2D eigenvalue weighted by Crippen LogP contribution is -2.14. The molecule has 1 heterocycles. The smallest absolute Gasteiger partial charge is 0.227 e. The van der Waals surface area contributed by atoms with Crippen LogP contribution in [-0.2, 0) is 0 Å². The predicted octanol–water partition coefficient (Wildman–Crippen LogP) is -0.299. The van der Waals surface area contributed by atoms with Crippen molar-refractivity contribution in [2.24, 2.45) is 11.5 Å². The highest BCUT2D eigenvalue weighted by atomic mass is 15.2. The van der Waals surface area contributed by atoms with E-state index in [1.54, 1.807) is 0 Å². The molecule has 0 unspecified atom stereocenters. The van der Waals surface area contributed by atoms with Gasteiger partial charge in [-0.1, -0.05) is 0 Å². The molecule has 0 aliphatic heterocycles. The van der Waals surface area contributed by atoms with Gasteiger partial charge in [-0.2, -0.15) is 15.0 Å². The Morgan fingerprint density at radius 1 is 0.882 bits per heavy atom. The Labute approximate surface area is 101 Å². The Bertz CT molecular complexity index is 300. The molecule has 1 rings (SSSR count). The molecule has 1 aromatic rings. The normalized spacial score (nSPS) is 10.3. The molecule has 0 aliphatic carbocycles. The zero-order chi connectivity index (χ0) is 12.5. The maximum Gasteiger partial charge on any atom is 0.227 e. The van der Waals surface area contributed by atoms with E-state index in [0.717, 1.165) is 25.9 Å². The van der Waals surface area contributed by atoms with E-state index in [-0.39, 0.29) is 0 Å². The molecular formula is C10H21N7. The fourth-order valence-electron chi connectivity index (χ4n) is 1.24. The Morgan fingerprint density at radius 3 is 1.76 bits per heavy atom. The molecule has 1 aromatic heterocycles. The summed E-state index contributed by atoms with van der Waals surface area (Å²) in [5, 5.41) is 6.22. The molecule has 17 heavy (non-hydrogen) atoms. The summed E-state index contributed by atoms with van der Waals surface area (Å²) in [6.07, 6.45) is 1.78. The van der Waals surface area contributed by atoms with Gasteiger partial charge in [0.1, 0.15) is 5.82 Å². The van der Waals surface area contributed by atoms with Crippen molar-refractivity contribution in [1.82, 2.24) is 15.0 Å². The Hall–Kier alpha value is -1.47. The highest BCUT2D eigenvalue weighted by molar-refractivity contribution is 5.34. The molecule has 0 bridgehead atoms. The largest absolute Gasteiger partial charge is 0.354 e. The number of hydrogen-bond acceptors (Lipinski definition) is 7. The Kier molecular flexibility index (Phi) is 6.19. The lowest BCUT2D eigenvalue weighted by atomic mass is 10.4. The summed E-state index contributed by atoms with van der Waals surface area (Å²) >= 11 is 0. The molecule has 0 saturated carbocycles. The van der Waals surface area contributed by atoms with E-state index in [1.807, 2.05) is 6.92 Å². The van der Waals surface area contributed by atoms with Gasteiger partial charge in [0.05, 0.1) is 0 Å². The molecule has 7 heteroatoms. The van der Waals surface area contributed by atoms with Crippen LogP contribution in [0.5, 0.6) is 0 Å². The first-order chi connectivity index (χ1) is 8.26. The topological polar surface area (TPSA) is 115 Å². The zero-order valence-electron chi connectivity index (χ0n) is 10.2. The molecule has 7 nitrogen and oxygen atoms in total. The van der Waals surface area contributed by atoms with Crippen molar-refractivity contribution in [3.05, 3.63) is 5.82 Å². The minimum atomic E-state index is 0.584. The van der Waals surface area contributed by atoms with Crippen molar-refractivity contribution in [2.45, 2.75) is 19.8 Å². The lowest BCUT2D eigenvalue weighted by molar-refractivity contribution is 0.842. The fourth-order valence-corrected chi connectivity index (χ4v) is 1.24. The summed E-state index contributed by atoms with van der Waals surface area (Å²) in [5.74, 6) is 1.85. The summed E-state index contributed by atoms with van der Waals surface area (Å²) in [7, 11) is 0. The maximum absolute atomic E-state index is 5.42. The van der Waals surface area contributed by atoms with Crippen LogP contribution in [0.25, 0.3) is 0 Å². The molecule has 96 valence electrons. The van der Waals surface area contributed by atoms with Crippen LogP contribution in [0.2, 0.25) is 0 Å². The molecule has 0 radical (unpaired) electrons. The summed E-state index contributed by atoms with van der Waals surface area (Å²) < 4.78 is 0. The van der Waals surface area contributed by atoms with Gasteiger partial charge < -0.3 is 22.1 Å². The number of aromatic nitrogens is 3. The minimum absolute atomic E-state index is 0.584. The third-order valence-corrected chi connectivity index (χ3v) is 2.08. The zero-order valence-corrected chi connectivity index (χ0v) is 10.2. The van der Waals surface area contributed by atoms with Crippen LogP contribution in [0.15, 0.2) is 0 Å². The van der Waals surface area contributed by atoms with Crippen LogP contribution < -0.4 is 22.1 Å². The molecule has 6 N–H and O–H groups in total. The number of aryl methyl sites for hydroxylation is 1. The summed E-state index contributed by atoms with van der Waals surface area (Å²) in [4.78, 5) is 12.6. The fraction of sp³-hybridized carbons (Fsp3) is 0.700. The van der Waals surface area contributed by atoms with Crippen molar-refractivity contribution >= 4 is 11.9 Å². The van der Waals surface area contributed by atoms with Gasteiger partial charge in [-0.3, -0.25) is 0 Å². The van der Waals surface area contributed by atoms with Crippen LogP contribution in [0, 0.1) is 6.92 Å². The van der Waals surface area contributed by atoms with Crippen LogP contribution in [0.4, 0.5) is 11.9 Å². The van der Waals surface area contributed by atoms with E-state index in [1.165, 1.54) is 0 Å². The number of nitrogens with two attached hydrogens (primary N) is 2. The molecule has 0 amide bonds. The third-order valence-electron chi connectivity index (χ3n) is 2.08. The highest BCUT2D eigenvalue weighted by Gasteiger charge is 2.02. The second kappa shape index (κ2) is 7.75. The van der Waals surface area contributed by atoms with Crippen LogP contribution in [0.3, 0.4) is 0 Å². The number of nitrogens with one attached hydrogen (secondary N) is 2. The van der Waals surface area contributed by atoms with Gasteiger partial charge in [-0.25, -0.2) is 0 Å². The number of anilines is 2. The molecule has 0 aliphatic rings. The van der Waals surface area contributed by atoms with E-state index in [2.05, 4.69) is 25.6 Å². The number of rotatable bonds is 8.